The molecule has 1 unspecified atom stereocenters. The molecule has 25 heavy (non-hydrogen) atoms. The summed E-state index contributed by atoms with van der Waals surface area (Å²) in [4.78, 5) is 8.66. The zero-order valence-corrected chi connectivity index (χ0v) is 14.4. The minimum atomic E-state index is -0.424. The van der Waals surface area contributed by atoms with Crippen LogP contribution >= 0.6 is 0 Å². The van der Waals surface area contributed by atoms with Gasteiger partial charge in [-0.15, -0.1) is 0 Å². The predicted octanol–water partition coefficient (Wildman–Crippen LogP) is 1.61. The van der Waals surface area contributed by atoms with Crippen molar-refractivity contribution in [3.8, 4) is 11.5 Å². The van der Waals surface area contributed by atoms with Gasteiger partial charge < -0.3 is 14.3 Å². The molecule has 1 aliphatic rings. The molecule has 7 heteroatoms. The molecule has 6 nitrogen and oxygen atoms in total. The molecule has 0 amide bonds. The van der Waals surface area contributed by atoms with Crippen LogP contribution in [-0.4, -0.2) is 72.4 Å². The molecule has 136 valence electrons. The lowest BCUT2D eigenvalue weighted by Gasteiger charge is -2.29. The van der Waals surface area contributed by atoms with E-state index in [0.29, 0.717) is 25.5 Å². The van der Waals surface area contributed by atoms with Gasteiger partial charge in [0.2, 0.25) is 5.89 Å². The van der Waals surface area contributed by atoms with Gasteiger partial charge in [-0.1, -0.05) is 0 Å². The Morgan fingerprint density at radius 2 is 2.00 bits per heavy atom. The number of morpholine rings is 1. The summed E-state index contributed by atoms with van der Waals surface area (Å²) < 4.78 is 23.8. The summed E-state index contributed by atoms with van der Waals surface area (Å²) >= 11 is 0. The molecule has 1 N–H and O–H groups in total. The second-order valence-electron chi connectivity index (χ2n) is 6.41. The zero-order valence-electron chi connectivity index (χ0n) is 14.4. The van der Waals surface area contributed by atoms with Gasteiger partial charge >= 0.3 is 0 Å². The SMILES string of the molecule is CN(Cc1coc(-c2ccc(F)cc2)n1)CC(O)CN1CCOCC1. The first-order valence-corrected chi connectivity index (χ1v) is 8.47. The van der Waals surface area contributed by atoms with Gasteiger partial charge in [0.25, 0.3) is 0 Å². The van der Waals surface area contributed by atoms with E-state index in [4.69, 9.17) is 9.15 Å². The van der Waals surface area contributed by atoms with Gasteiger partial charge in [-0.25, -0.2) is 9.37 Å². The van der Waals surface area contributed by atoms with Gasteiger partial charge in [0, 0.05) is 38.3 Å². The van der Waals surface area contributed by atoms with Crippen molar-refractivity contribution >= 4 is 0 Å². The third-order valence-corrected chi connectivity index (χ3v) is 4.17. The number of aromatic nitrogens is 1. The molecule has 1 atom stereocenters. The Bertz CT molecular complexity index is 656. The number of halogens is 1. The highest BCUT2D eigenvalue weighted by Gasteiger charge is 2.17. The molecule has 0 saturated carbocycles. The van der Waals surface area contributed by atoms with E-state index < -0.39 is 6.10 Å². The van der Waals surface area contributed by atoms with Crippen molar-refractivity contribution in [3.05, 3.63) is 42.0 Å². The number of benzene rings is 1. The topological polar surface area (TPSA) is 62.0 Å². The van der Waals surface area contributed by atoms with E-state index in [2.05, 4.69) is 9.88 Å². The minimum Gasteiger partial charge on any atom is -0.444 e. The fourth-order valence-electron chi connectivity index (χ4n) is 2.95. The molecule has 0 aliphatic carbocycles. The van der Waals surface area contributed by atoms with E-state index in [1.807, 2.05) is 11.9 Å². The second kappa shape index (κ2) is 8.53. The summed E-state index contributed by atoms with van der Waals surface area (Å²) in [7, 11) is 1.94. The average Bonchev–Trinajstić information content (AvgIpc) is 3.04. The molecule has 0 radical (unpaired) electrons. The number of β-amino-alcohol motifs (C(OH)–C–C–N with tert-alkyl or cyclic N) is 1. The third-order valence-electron chi connectivity index (χ3n) is 4.17. The Morgan fingerprint density at radius 1 is 1.28 bits per heavy atom. The van der Waals surface area contributed by atoms with Crippen LogP contribution in [0.15, 0.2) is 34.9 Å². The first kappa shape index (κ1) is 18.0. The van der Waals surface area contributed by atoms with E-state index in [-0.39, 0.29) is 5.82 Å². The Morgan fingerprint density at radius 3 is 2.72 bits per heavy atom. The lowest BCUT2D eigenvalue weighted by atomic mass is 10.2. The lowest BCUT2D eigenvalue weighted by molar-refractivity contribution is 0.00818. The molecule has 2 heterocycles. The maximum atomic E-state index is 13.0. The van der Waals surface area contributed by atoms with E-state index in [1.54, 1.807) is 18.4 Å². The van der Waals surface area contributed by atoms with Gasteiger partial charge in [0.15, 0.2) is 0 Å². The summed E-state index contributed by atoms with van der Waals surface area (Å²) in [5.74, 6) is 0.182. The molecular formula is C18H24FN3O3. The first-order chi connectivity index (χ1) is 12.1. The molecule has 0 spiro atoms. The third kappa shape index (κ3) is 5.34. The van der Waals surface area contributed by atoms with Crippen LogP contribution < -0.4 is 0 Å². The van der Waals surface area contributed by atoms with Gasteiger partial charge in [-0.2, -0.15) is 0 Å². The highest BCUT2D eigenvalue weighted by molar-refractivity contribution is 5.52. The number of nitrogens with zero attached hydrogens (tertiary/aromatic N) is 3. The monoisotopic (exact) mass is 349 g/mol. The number of rotatable bonds is 7. The maximum Gasteiger partial charge on any atom is 0.226 e. The molecule has 1 aromatic carbocycles. The van der Waals surface area contributed by atoms with Crippen molar-refractivity contribution in [1.29, 1.82) is 0 Å². The molecule has 0 bridgehead atoms. The lowest BCUT2D eigenvalue weighted by Crippen LogP contribution is -2.43. The van der Waals surface area contributed by atoms with Crippen molar-refractivity contribution in [2.75, 3.05) is 46.4 Å². The van der Waals surface area contributed by atoms with Crippen molar-refractivity contribution in [3.63, 3.8) is 0 Å². The Balaban J connectivity index is 1.49. The molecule has 1 aliphatic heterocycles. The number of ether oxygens (including phenoxy) is 1. The minimum absolute atomic E-state index is 0.287. The van der Waals surface area contributed by atoms with Crippen LogP contribution in [-0.2, 0) is 11.3 Å². The number of hydrogen-bond acceptors (Lipinski definition) is 6. The van der Waals surface area contributed by atoms with Crippen LogP contribution in [0, 0.1) is 5.82 Å². The van der Waals surface area contributed by atoms with Gasteiger partial charge in [0.1, 0.15) is 12.1 Å². The molecule has 1 aromatic heterocycles. The second-order valence-corrected chi connectivity index (χ2v) is 6.41. The predicted molar refractivity (Wildman–Crippen MR) is 91.5 cm³/mol. The summed E-state index contributed by atoms with van der Waals surface area (Å²) in [6.07, 6.45) is 1.18. The molecule has 3 rings (SSSR count). The van der Waals surface area contributed by atoms with Crippen LogP contribution in [0.25, 0.3) is 11.5 Å². The van der Waals surface area contributed by atoms with Crippen molar-refractivity contribution in [2.45, 2.75) is 12.6 Å². The summed E-state index contributed by atoms with van der Waals surface area (Å²) in [6.45, 7) is 4.96. The van der Waals surface area contributed by atoms with Crippen molar-refractivity contribution in [2.24, 2.45) is 0 Å². The quantitative estimate of drug-likeness (QED) is 0.819. The number of aliphatic hydroxyl groups is 1. The summed E-state index contributed by atoms with van der Waals surface area (Å²) in [6, 6.07) is 6.04. The first-order valence-electron chi connectivity index (χ1n) is 8.47. The van der Waals surface area contributed by atoms with Crippen LogP contribution in [0.3, 0.4) is 0 Å². The summed E-state index contributed by atoms with van der Waals surface area (Å²) in [5.41, 5.74) is 1.52. The maximum absolute atomic E-state index is 13.0. The molecule has 1 saturated heterocycles. The Hall–Kier alpha value is -1.80. The van der Waals surface area contributed by atoms with Crippen LogP contribution in [0.5, 0.6) is 0 Å². The van der Waals surface area contributed by atoms with Crippen LogP contribution in [0.2, 0.25) is 0 Å². The van der Waals surface area contributed by atoms with Crippen molar-refractivity contribution in [1.82, 2.24) is 14.8 Å². The Kier molecular flexibility index (Phi) is 6.14. The summed E-state index contributed by atoms with van der Waals surface area (Å²) in [5, 5.41) is 10.3. The zero-order chi connectivity index (χ0) is 17.6. The fraction of sp³-hybridized carbons (Fsp3) is 0.500. The normalized spacial score (nSPS) is 17.1. The van der Waals surface area contributed by atoms with Crippen LogP contribution in [0.1, 0.15) is 5.69 Å². The highest BCUT2D eigenvalue weighted by Crippen LogP contribution is 2.19. The van der Waals surface area contributed by atoms with E-state index in [0.717, 1.165) is 37.6 Å². The largest absolute Gasteiger partial charge is 0.444 e. The fourth-order valence-corrected chi connectivity index (χ4v) is 2.95. The van der Waals surface area contributed by atoms with E-state index >= 15 is 0 Å². The Labute approximate surface area is 146 Å². The van der Waals surface area contributed by atoms with Gasteiger partial charge in [0.05, 0.1) is 25.0 Å². The molecular weight excluding hydrogens is 325 g/mol. The standard InChI is InChI=1S/C18H24FN3O3/c1-21(11-17(23)12-22-6-8-24-9-7-22)10-16-13-25-18(20-16)14-2-4-15(19)5-3-14/h2-5,13,17,23H,6-12H2,1H3. The van der Waals surface area contributed by atoms with E-state index in [9.17, 15) is 9.50 Å². The number of oxazole rings is 1. The van der Waals surface area contributed by atoms with Crippen molar-refractivity contribution < 1.29 is 18.7 Å². The van der Waals surface area contributed by atoms with E-state index in [1.165, 1.54) is 12.1 Å². The van der Waals surface area contributed by atoms with Crippen LogP contribution in [0.4, 0.5) is 4.39 Å². The average molecular weight is 349 g/mol. The van der Waals surface area contributed by atoms with Gasteiger partial charge in [-0.3, -0.25) is 9.80 Å². The molecule has 2 aromatic rings. The molecule has 1 fully saturated rings. The number of aliphatic hydroxyl groups excluding tert-OH is 1. The highest BCUT2D eigenvalue weighted by atomic mass is 19.1. The number of hydrogen-bond donors (Lipinski definition) is 1. The smallest absolute Gasteiger partial charge is 0.226 e. The number of likely N-dealkylation sites (N-methyl/N-ethyl adjacent to an activating group) is 1. The van der Waals surface area contributed by atoms with Gasteiger partial charge in [-0.05, 0) is 31.3 Å².